The first kappa shape index (κ1) is 17.9. The molecule has 0 saturated heterocycles. The molecule has 0 radical (unpaired) electrons. The summed E-state index contributed by atoms with van der Waals surface area (Å²) in [6.07, 6.45) is 9.38. The van der Waals surface area contributed by atoms with Crippen LogP contribution in [0.25, 0.3) is 27.6 Å². The molecule has 10 rings (SSSR count). The van der Waals surface area contributed by atoms with E-state index in [4.69, 9.17) is 9.97 Å². The predicted octanol–water partition coefficient (Wildman–Crippen LogP) is 7.55. The fourth-order valence-corrected chi connectivity index (χ4v) is 9.97. The average molecular weight is 446 g/mol. The minimum Gasteiger partial charge on any atom is -0.279 e. The summed E-state index contributed by atoms with van der Waals surface area (Å²) in [5.41, 5.74) is 13.6. The van der Waals surface area contributed by atoms with Crippen LogP contribution in [0.5, 0.6) is 0 Å². The van der Waals surface area contributed by atoms with Gasteiger partial charge in [0.2, 0.25) is 0 Å². The quantitative estimate of drug-likeness (QED) is 0.280. The molecule has 6 aliphatic rings. The van der Waals surface area contributed by atoms with Crippen molar-refractivity contribution in [1.82, 2.24) is 14.4 Å². The summed E-state index contributed by atoms with van der Waals surface area (Å²) < 4.78 is 2.57. The molecule has 3 saturated carbocycles. The van der Waals surface area contributed by atoms with E-state index in [2.05, 4.69) is 43.4 Å². The predicted molar refractivity (Wildman–Crippen MR) is 135 cm³/mol. The number of hydrogen-bond acceptors (Lipinski definition) is 2. The largest absolute Gasteiger partial charge is 0.279 e. The molecule has 2 aromatic carbocycles. The Morgan fingerprint density at radius 1 is 0.794 bits per heavy atom. The average Bonchev–Trinajstić information content (AvgIpc) is 3.53. The van der Waals surface area contributed by atoms with Crippen molar-refractivity contribution in [1.29, 1.82) is 0 Å². The smallest absolute Gasteiger partial charge is 0.148 e. The first-order chi connectivity index (χ1) is 16.5. The summed E-state index contributed by atoms with van der Waals surface area (Å²) in [6, 6.07) is 7.48. The van der Waals surface area contributed by atoms with E-state index in [9.17, 15) is 0 Å². The maximum Gasteiger partial charge on any atom is 0.148 e. The van der Waals surface area contributed by atoms with Crippen molar-refractivity contribution in [3.63, 3.8) is 0 Å². The lowest BCUT2D eigenvalue weighted by Crippen LogP contribution is -2.39. The molecule has 2 unspecified atom stereocenters. The van der Waals surface area contributed by atoms with E-state index in [-0.39, 0.29) is 10.8 Å². The van der Waals surface area contributed by atoms with Crippen molar-refractivity contribution >= 4 is 27.6 Å². The second-order valence-electron chi connectivity index (χ2n) is 13.5. The molecule has 4 aromatic rings. The Hall–Kier alpha value is -2.42. The number of aromatic nitrogens is 3. The van der Waals surface area contributed by atoms with E-state index in [1.165, 1.54) is 78.4 Å². The van der Waals surface area contributed by atoms with Crippen molar-refractivity contribution in [2.75, 3.05) is 0 Å². The van der Waals surface area contributed by atoms with Crippen LogP contribution in [0.15, 0.2) is 18.2 Å². The third kappa shape index (κ3) is 1.61. The van der Waals surface area contributed by atoms with E-state index >= 15 is 0 Å². The molecule has 2 aromatic heterocycles. The summed E-state index contributed by atoms with van der Waals surface area (Å²) >= 11 is 0. The second kappa shape index (κ2) is 5.08. The number of hydrogen-bond donors (Lipinski definition) is 0. The zero-order chi connectivity index (χ0) is 22.3. The molecule has 0 spiro atoms. The molecular weight excluding hydrogens is 414 g/mol. The molecular formula is C31H31N3. The molecule has 6 atom stereocenters. The normalized spacial score (nSPS) is 37.1. The lowest BCUT2D eigenvalue weighted by Gasteiger charge is -2.51. The van der Waals surface area contributed by atoms with Crippen molar-refractivity contribution in [3.05, 3.63) is 51.8 Å². The van der Waals surface area contributed by atoms with Crippen molar-refractivity contribution in [2.45, 2.75) is 101 Å². The molecule has 5 aliphatic carbocycles. The molecule has 1 aliphatic heterocycles. The highest BCUT2D eigenvalue weighted by atomic mass is 15.1. The number of imidazole rings is 1. The highest BCUT2D eigenvalue weighted by Gasteiger charge is 2.59. The summed E-state index contributed by atoms with van der Waals surface area (Å²) in [5.74, 6) is 5.06. The highest BCUT2D eigenvalue weighted by molar-refractivity contribution is 6.00. The van der Waals surface area contributed by atoms with Crippen molar-refractivity contribution in [3.8, 4) is 0 Å². The van der Waals surface area contributed by atoms with Crippen molar-refractivity contribution in [2.24, 2.45) is 5.41 Å². The van der Waals surface area contributed by atoms with Gasteiger partial charge >= 0.3 is 0 Å². The fraction of sp³-hybridized carbons (Fsp3) is 0.548. The summed E-state index contributed by atoms with van der Waals surface area (Å²) in [6.45, 7) is 7.62. The molecule has 34 heavy (non-hydrogen) atoms. The maximum absolute atomic E-state index is 5.60. The minimum atomic E-state index is 0.0599. The van der Waals surface area contributed by atoms with Crippen LogP contribution in [0.1, 0.15) is 129 Å². The van der Waals surface area contributed by atoms with Gasteiger partial charge in [-0.15, -0.1) is 0 Å². The van der Waals surface area contributed by atoms with E-state index in [0.717, 1.165) is 23.7 Å². The first-order valence-electron chi connectivity index (χ1n) is 13.8. The van der Waals surface area contributed by atoms with Gasteiger partial charge in [-0.2, -0.15) is 0 Å². The zero-order valence-electron chi connectivity index (χ0n) is 20.4. The van der Waals surface area contributed by atoms with Gasteiger partial charge in [0.05, 0.1) is 16.6 Å². The SMILES string of the molecule is CC1(C)C2CC[C@@]1(C)c1nc3cc4c(cc3c3nc5cc6c(c2c5n13)[C@H]1CCC61)[C@@H]1CC[C@H]4C1. The Bertz CT molecular complexity index is 1670. The van der Waals surface area contributed by atoms with Crippen LogP contribution >= 0.6 is 0 Å². The lowest BCUT2D eigenvalue weighted by molar-refractivity contribution is 0.190. The third-order valence-corrected chi connectivity index (χ3v) is 12.4. The van der Waals surface area contributed by atoms with Gasteiger partial charge in [-0.25, -0.2) is 9.97 Å². The van der Waals surface area contributed by atoms with Gasteiger partial charge in [0.25, 0.3) is 0 Å². The fourth-order valence-electron chi connectivity index (χ4n) is 9.97. The van der Waals surface area contributed by atoms with Gasteiger partial charge in [-0.3, -0.25) is 4.40 Å². The Morgan fingerprint density at radius 3 is 2.35 bits per heavy atom. The van der Waals surface area contributed by atoms with E-state index < -0.39 is 0 Å². The van der Waals surface area contributed by atoms with Crippen LogP contribution < -0.4 is 0 Å². The van der Waals surface area contributed by atoms with Gasteiger partial charge < -0.3 is 0 Å². The number of fused-ring (bicyclic) bond motifs is 16. The molecule has 4 bridgehead atoms. The molecule has 3 fully saturated rings. The monoisotopic (exact) mass is 445 g/mol. The summed E-state index contributed by atoms with van der Waals surface area (Å²) in [5, 5.41) is 1.29. The van der Waals surface area contributed by atoms with Crippen LogP contribution in [-0.4, -0.2) is 14.4 Å². The first-order valence-corrected chi connectivity index (χ1v) is 13.8. The minimum absolute atomic E-state index is 0.0599. The van der Waals surface area contributed by atoms with E-state index in [1.807, 2.05) is 0 Å². The molecule has 0 N–H and O–H groups in total. The van der Waals surface area contributed by atoms with E-state index in [0.29, 0.717) is 5.92 Å². The number of rotatable bonds is 0. The number of nitrogens with zero attached hydrogens (tertiary/aromatic N) is 3. The van der Waals surface area contributed by atoms with Gasteiger partial charge in [0.1, 0.15) is 11.5 Å². The number of benzene rings is 2. The van der Waals surface area contributed by atoms with E-state index in [1.54, 1.807) is 27.8 Å². The topological polar surface area (TPSA) is 30.2 Å². The van der Waals surface area contributed by atoms with Gasteiger partial charge in [-0.05, 0) is 126 Å². The summed E-state index contributed by atoms with van der Waals surface area (Å²) in [4.78, 5) is 11.0. The Balaban J connectivity index is 1.43. The van der Waals surface area contributed by atoms with Crippen LogP contribution in [0.4, 0.5) is 0 Å². The summed E-state index contributed by atoms with van der Waals surface area (Å²) in [7, 11) is 0. The maximum atomic E-state index is 5.60. The van der Waals surface area contributed by atoms with Crippen LogP contribution in [-0.2, 0) is 5.41 Å². The molecule has 3 nitrogen and oxygen atoms in total. The third-order valence-electron chi connectivity index (χ3n) is 12.4. The Kier molecular flexibility index (Phi) is 2.68. The van der Waals surface area contributed by atoms with Gasteiger partial charge in [-0.1, -0.05) is 20.8 Å². The zero-order valence-corrected chi connectivity index (χ0v) is 20.4. The molecule has 3 heteroatoms. The molecule has 170 valence electrons. The highest BCUT2D eigenvalue weighted by Crippen LogP contribution is 2.69. The second-order valence-corrected chi connectivity index (χ2v) is 13.5. The lowest BCUT2D eigenvalue weighted by atomic mass is 9.53. The van der Waals surface area contributed by atoms with Crippen LogP contribution in [0.2, 0.25) is 0 Å². The Morgan fingerprint density at radius 2 is 1.56 bits per heavy atom. The standard InChI is InChI=1S/C31H31N3/c1-30(2)22-8-9-31(30,3)29-33-23-12-19-15-5-4-14(10-15)18(19)11-21(23)28-32-24-13-20-16-6-7-17(16)25(20)26(22)27(24)34(28)29/h11-17,22H,4-10H2,1-3H3/t14-,15+,16?,17+,22?,31+/m1/s1. The van der Waals surface area contributed by atoms with Gasteiger partial charge in [0, 0.05) is 10.8 Å². The van der Waals surface area contributed by atoms with Gasteiger partial charge in [0.15, 0.2) is 0 Å². The van der Waals surface area contributed by atoms with Crippen LogP contribution in [0.3, 0.4) is 0 Å². The van der Waals surface area contributed by atoms with Crippen molar-refractivity contribution < 1.29 is 0 Å². The van der Waals surface area contributed by atoms with Crippen LogP contribution in [0, 0.1) is 5.41 Å². The molecule has 0 amide bonds. The Labute approximate surface area is 200 Å². The molecule has 3 heterocycles.